The molecule has 0 radical (unpaired) electrons. The first-order valence-electron chi connectivity index (χ1n) is 7.63. The number of benzene rings is 1. The highest BCUT2D eigenvalue weighted by Gasteiger charge is 2.17. The van der Waals surface area contributed by atoms with Crippen LogP contribution in [0.15, 0.2) is 38.7 Å². The van der Waals surface area contributed by atoms with Gasteiger partial charge in [0.2, 0.25) is 0 Å². The third kappa shape index (κ3) is 4.07. The van der Waals surface area contributed by atoms with Gasteiger partial charge in [-0.05, 0) is 50.6 Å². The second kappa shape index (κ2) is 7.34. The molecule has 0 aliphatic carbocycles. The van der Waals surface area contributed by atoms with Gasteiger partial charge in [0.25, 0.3) is 0 Å². The molecule has 25 heavy (non-hydrogen) atoms. The van der Waals surface area contributed by atoms with Crippen LogP contribution in [0.4, 0.5) is 0 Å². The van der Waals surface area contributed by atoms with Crippen molar-refractivity contribution < 1.29 is 8.42 Å². The van der Waals surface area contributed by atoms with Gasteiger partial charge in [-0.25, -0.2) is 18.4 Å². The smallest absolute Gasteiger partial charge is 0.179 e. The number of fused-ring (bicyclic) bond motifs is 1. The Morgan fingerprint density at radius 3 is 2.48 bits per heavy atom. The van der Waals surface area contributed by atoms with E-state index in [2.05, 4.69) is 39.7 Å². The molecule has 3 rings (SSSR count). The lowest BCUT2D eigenvalue weighted by Crippen LogP contribution is -2.09. The number of hydrogen-bond acceptors (Lipinski definition) is 6. The van der Waals surface area contributed by atoms with Crippen molar-refractivity contribution in [2.45, 2.75) is 30.7 Å². The summed E-state index contributed by atoms with van der Waals surface area (Å²) < 4.78 is 25.8. The van der Waals surface area contributed by atoms with Crippen molar-refractivity contribution in [3.8, 4) is 0 Å². The second-order valence-electron chi connectivity index (χ2n) is 5.66. The minimum Gasteiger partial charge on any atom is -0.226 e. The minimum absolute atomic E-state index is 0.0754. The monoisotopic (exact) mass is 456 g/mol. The molecule has 8 heteroatoms. The zero-order valence-electron chi connectivity index (χ0n) is 14.0. The average Bonchev–Trinajstić information content (AvgIpc) is 2.82. The maximum atomic E-state index is 12.5. The maximum Gasteiger partial charge on any atom is 0.179 e. The van der Waals surface area contributed by atoms with Crippen LogP contribution in [0.25, 0.3) is 10.2 Å². The molecule has 0 aliphatic heterocycles. The van der Waals surface area contributed by atoms with E-state index < -0.39 is 9.84 Å². The number of thiophene rings is 1. The number of hydrogen-bond donors (Lipinski definition) is 0. The summed E-state index contributed by atoms with van der Waals surface area (Å²) in [5.74, 6) is 1.25. The van der Waals surface area contributed by atoms with Crippen molar-refractivity contribution in [1.82, 2.24) is 9.97 Å². The van der Waals surface area contributed by atoms with Gasteiger partial charge < -0.3 is 0 Å². The molecule has 2 aromatic heterocycles. The first-order chi connectivity index (χ1) is 11.8. The van der Waals surface area contributed by atoms with Crippen molar-refractivity contribution in [2.75, 3.05) is 11.5 Å². The maximum absolute atomic E-state index is 12.5. The Morgan fingerprint density at radius 2 is 1.80 bits per heavy atom. The van der Waals surface area contributed by atoms with Gasteiger partial charge in [0.1, 0.15) is 15.7 Å². The van der Waals surface area contributed by atoms with Gasteiger partial charge in [-0.2, -0.15) is 0 Å². The van der Waals surface area contributed by atoms with E-state index in [4.69, 9.17) is 0 Å². The number of aromatic nitrogens is 2. The van der Waals surface area contributed by atoms with E-state index in [1.54, 1.807) is 35.6 Å². The second-order valence-corrected chi connectivity index (χ2v) is 11.0. The molecule has 0 bridgehead atoms. The van der Waals surface area contributed by atoms with E-state index >= 15 is 0 Å². The van der Waals surface area contributed by atoms with Gasteiger partial charge in [0, 0.05) is 20.5 Å². The Balaban J connectivity index is 1.80. The van der Waals surface area contributed by atoms with Crippen LogP contribution in [0, 0.1) is 20.8 Å². The Morgan fingerprint density at radius 1 is 1.12 bits per heavy atom. The summed E-state index contributed by atoms with van der Waals surface area (Å²) in [5.41, 5.74) is 1.18. The van der Waals surface area contributed by atoms with E-state index in [1.165, 1.54) is 22.2 Å². The molecule has 0 aliphatic rings. The van der Waals surface area contributed by atoms with Crippen LogP contribution in [0.5, 0.6) is 0 Å². The standard InChI is InChI=1S/C17H17BrN2O2S3/c1-10-11(2)24-17-15(10)16(19-12(3)20-17)23-8-9-25(21,22)14-6-4-13(18)5-7-14/h4-7H,8-9H2,1-3H3. The van der Waals surface area contributed by atoms with Crippen molar-refractivity contribution >= 4 is 59.1 Å². The SMILES string of the molecule is Cc1nc(SCCS(=O)(=O)c2ccc(Br)cc2)c2c(C)c(C)sc2n1. The summed E-state index contributed by atoms with van der Waals surface area (Å²) in [4.78, 5) is 11.6. The Hall–Kier alpha value is -0.960. The molecule has 1 aromatic carbocycles. The molecule has 4 nitrogen and oxygen atoms in total. The van der Waals surface area contributed by atoms with Crippen LogP contribution in [0.3, 0.4) is 0 Å². The predicted octanol–water partition coefficient (Wildman–Crippen LogP) is 4.95. The zero-order valence-corrected chi connectivity index (χ0v) is 18.1. The fraction of sp³-hybridized carbons (Fsp3) is 0.294. The molecular weight excluding hydrogens is 440 g/mol. The average molecular weight is 457 g/mol. The summed E-state index contributed by atoms with van der Waals surface area (Å²) in [7, 11) is -3.30. The number of rotatable bonds is 5. The minimum atomic E-state index is -3.30. The van der Waals surface area contributed by atoms with E-state index in [0.717, 1.165) is 19.7 Å². The Labute approximate surface area is 164 Å². The summed E-state index contributed by atoms with van der Waals surface area (Å²) in [6.45, 7) is 6.01. The van der Waals surface area contributed by atoms with E-state index in [9.17, 15) is 8.42 Å². The van der Waals surface area contributed by atoms with Crippen LogP contribution in [-0.4, -0.2) is 29.9 Å². The van der Waals surface area contributed by atoms with Gasteiger partial charge >= 0.3 is 0 Å². The van der Waals surface area contributed by atoms with Gasteiger partial charge in [0.15, 0.2) is 9.84 Å². The topological polar surface area (TPSA) is 59.9 Å². The summed E-state index contributed by atoms with van der Waals surface area (Å²) in [6, 6.07) is 6.75. The molecule has 132 valence electrons. The quantitative estimate of drug-likeness (QED) is 0.401. The van der Waals surface area contributed by atoms with Crippen molar-refractivity contribution in [2.24, 2.45) is 0 Å². The fourth-order valence-corrected chi connectivity index (χ4v) is 6.61. The molecule has 0 N–H and O–H groups in total. The van der Waals surface area contributed by atoms with Gasteiger partial charge in [-0.3, -0.25) is 0 Å². The van der Waals surface area contributed by atoms with Crippen molar-refractivity contribution in [1.29, 1.82) is 0 Å². The molecular formula is C17H17BrN2O2S3. The van der Waals surface area contributed by atoms with Crippen LogP contribution in [-0.2, 0) is 9.84 Å². The van der Waals surface area contributed by atoms with Crippen molar-refractivity contribution in [3.63, 3.8) is 0 Å². The molecule has 0 atom stereocenters. The zero-order chi connectivity index (χ0) is 18.2. The molecule has 0 unspecified atom stereocenters. The molecule has 2 heterocycles. The first kappa shape index (κ1) is 18.8. The third-order valence-electron chi connectivity index (χ3n) is 3.87. The number of halogens is 1. The first-order valence-corrected chi connectivity index (χ1v) is 11.9. The van der Waals surface area contributed by atoms with E-state index in [1.807, 2.05) is 6.92 Å². The van der Waals surface area contributed by atoms with Gasteiger partial charge in [-0.15, -0.1) is 23.1 Å². The van der Waals surface area contributed by atoms with Gasteiger partial charge in [-0.1, -0.05) is 15.9 Å². The summed E-state index contributed by atoms with van der Waals surface area (Å²) in [6.07, 6.45) is 0. The van der Waals surface area contributed by atoms with Crippen LogP contribution in [0.2, 0.25) is 0 Å². The van der Waals surface area contributed by atoms with E-state index in [-0.39, 0.29) is 5.75 Å². The summed E-state index contributed by atoms with van der Waals surface area (Å²) in [5, 5.41) is 1.93. The molecule has 0 saturated carbocycles. The lowest BCUT2D eigenvalue weighted by molar-refractivity contribution is 0.597. The highest BCUT2D eigenvalue weighted by molar-refractivity contribution is 9.10. The number of sulfone groups is 1. The fourth-order valence-electron chi connectivity index (χ4n) is 2.43. The van der Waals surface area contributed by atoms with Crippen LogP contribution < -0.4 is 0 Å². The highest BCUT2D eigenvalue weighted by Crippen LogP contribution is 2.35. The van der Waals surface area contributed by atoms with Gasteiger partial charge in [0.05, 0.1) is 10.6 Å². The molecule has 0 saturated heterocycles. The normalized spacial score (nSPS) is 12.0. The third-order valence-corrected chi connectivity index (χ3v) is 8.47. The number of aryl methyl sites for hydroxylation is 3. The Bertz CT molecular complexity index is 1030. The molecule has 0 fully saturated rings. The van der Waals surface area contributed by atoms with E-state index in [0.29, 0.717) is 16.5 Å². The summed E-state index contributed by atoms with van der Waals surface area (Å²) >= 11 is 6.46. The Kier molecular flexibility index (Phi) is 5.53. The lowest BCUT2D eigenvalue weighted by Gasteiger charge is -2.07. The van der Waals surface area contributed by atoms with Crippen molar-refractivity contribution in [3.05, 3.63) is 45.0 Å². The molecule has 0 spiro atoms. The lowest BCUT2D eigenvalue weighted by atomic mass is 10.2. The van der Waals surface area contributed by atoms with Crippen LogP contribution >= 0.6 is 39.0 Å². The number of nitrogens with zero attached hydrogens (tertiary/aromatic N) is 2. The highest BCUT2D eigenvalue weighted by atomic mass is 79.9. The molecule has 0 amide bonds. The van der Waals surface area contributed by atoms with Crippen LogP contribution in [0.1, 0.15) is 16.3 Å². The molecule has 3 aromatic rings. The predicted molar refractivity (Wildman–Crippen MR) is 109 cm³/mol. The largest absolute Gasteiger partial charge is 0.226 e. The number of thioether (sulfide) groups is 1.